The molecule has 0 radical (unpaired) electrons. The van der Waals surface area contributed by atoms with Crippen molar-refractivity contribution in [2.75, 3.05) is 25.0 Å². The summed E-state index contributed by atoms with van der Waals surface area (Å²) < 4.78 is 23.7. The fourth-order valence-corrected chi connectivity index (χ4v) is 8.72. The van der Waals surface area contributed by atoms with Crippen LogP contribution in [0.25, 0.3) is 11.1 Å². The molecule has 1 saturated heterocycles. The molecule has 68 heavy (non-hydrogen) atoms. The lowest BCUT2D eigenvalue weighted by molar-refractivity contribution is -0.179. The Morgan fingerprint density at radius 1 is 0.897 bits per heavy atom. The summed E-state index contributed by atoms with van der Waals surface area (Å²) in [6.45, 7) is 10.5. The molecule has 0 saturated carbocycles. The topological polar surface area (TPSA) is 191 Å². The second-order valence-corrected chi connectivity index (χ2v) is 19.2. The zero-order valence-corrected chi connectivity index (χ0v) is 39.9. The second-order valence-electron chi connectivity index (χ2n) is 18.8. The summed E-state index contributed by atoms with van der Waals surface area (Å²) in [6, 6.07) is 27.6. The third-order valence-electron chi connectivity index (χ3n) is 12.6. The van der Waals surface area contributed by atoms with Crippen LogP contribution in [0.15, 0.2) is 103 Å². The number of alkyl carbamates (subject to hydrolysis) is 1. The number of carbonyl (C=O) groups is 6. The second kappa shape index (κ2) is 21.6. The molecule has 1 fully saturated rings. The number of esters is 2. The standard InChI is InChI=1S/C53H59ClN4O10/c1-30(2)24-44-50(62)66-43(16-11-17-45(59)58-42(26-33-19-18-31(3)41(54)25-33)49(61)56-29-53(5,6)51(63)67-44)32(4)47-48(68-47)34-20-22-35(23-21-34)57-46(60)27-55-52(64)65-28-40-38-14-9-7-12-36(38)37-13-8-10-15-39(37)40/h7-15,17-23,25,30,32,40,42-44,47-48H,16,24,26-29H2,1-6H3,(H,55,64)(H,56,61)(H,57,60)(H,58,59)/b17-11+. The molecular weight excluding hydrogens is 888 g/mol. The molecule has 4 amide bonds. The molecule has 0 bridgehead atoms. The quantitative estimate of drug-likeness (QED) is 0.0617. The van der Waals surface area contributed by atoms with Crippen molar-refractivity contribution in [1.82, 2.24) is 16.0 Å². The molecule has 4 aromatic rings. The Kier molecular flexibility index (Phi) is 15.7. The molecule has 4 aromatic carbocycles. The number of nitrogens with one attached hydrogen (secondary N) is 4. The average molecular weight is 948 g/mol. The number of halogens is 1. The highest BCUT2D eigenvalue weighted by Crippen LogP contribution is 2.46. The van der Waals surface area contributed by atoms with E-state index in [4.69, 9.17) is 30.5 Å². The number of hydrogen-bond acceptors (Lipinski definition) is 10. The van der Waals surface area contributed by atoms with E-state index in [9.17, 15) is 28.8 Å². The molecule has 2 aliphatic heterocycles. The van der Waals surface area contributed by atoms with Gasteiger partial charge in [-0.3, -0.25) is 19.2 Å². The number of cyclic esters (lactones) is 2. The highest BCUT2D eigenvalue weighted by molar-refractivity contribution is 6.31. The first-order valence-corrected chi connectivity index (χ1v) is 23.4. The van der Waals surface area contributed by atoms with Crippen LogP contribution < -0.4 is 21.3 Å². The van der Waals surface area contributed by atoms with Gasteiger partial charge in [0, 0.05) is 41.9 Å². The minimum atomic E-state index is -1.24. The third-order valence-corrected chi connectivity index (χ3v) is 13.0. The van der Waals surface area contributed by atoms with E-state index < -0.39 is 65.3 Å². The molecule has 2 heterocycles. The first kappa shape index (κ1) is 49.4. The van der Waals surface area contributed by atoms with Gasteiger partial charge in [0.05, 0.1) is 11.5 Å². The van der Waals surface area contributed by atoms with Crippen LogP contribution in [0, 0.1) is 24.2 Å². The predicted molar refractivity (Wildman–Crippen MR) is 257 cm³/mol. The van der Waals surface area contributed by atoms with Gasteiger partial charge in [-0.05, 0) is 96.3 Å². The SMILES string of the molecule is Cc1ccc(CC2NC(=O)/C=C/CC(C(C)C3OC3c3ccc(NC(=O)CNC(=O)OCC4c5ccccc5-c5ccccc54)cc3)OC(=O)C(CC(C)C)OC(=O)C(C)(C)CNC2=O)cc1Cl. The summed E-state index contributed by atoms with van der Waals surface area (Å²) in [5.41, 5.74) is 6.09. The number of anilines is 1. The molecule has 4 N–H and O–H groups in total. The van der Waals surface area contributed by atoms with Crippen LogP contribution in [0.5, 0.6) is 0 Å². The lowest BCUT2D eigenvalue weighted by Crippen LogP contribution is -2.51. The number of epoxide rings is 1. The number of benzene rings is 4. The monoisotopic (exact) mass is 946 g/mol. The van der Waals surface area contributed by atoms with Crippen molar-refractivity contribution < 1.29 is 47.7 Å². The van der Waals surface area contributed by atoms with Crippen LogP contribution in [-0.4, -0.2) is 79.8 Å². The van der Waals surface area contributed by atoms with E-state index >= 15 is 0 Å². The van der Waals surface area contributed by atoms with Gasteiger partial charge in [-0.15, -0.1) is 0 Å². The molecule has 15 heteroatoms. The maximum absolute atomic E-state index is 13.9. The Hall–Kier alpha value is -6.51. The fourth-order valence-electron chi connectivity index (χ4n) is 8.51. The zero-order chi connectivity index (χ0) is 48.7. The smallest absolute Gasteiger partial charge is 0.407 e. The van der Waals surface area contributed by atoms with E-state index in [0.717, 1.165) is 38.9 Å². The van der Waals surface area contributed by atoms with E-state index in [2.05, 4.69) is 33.4 Å². The average Bonchev–Trinajstić information content (AvgIpc) is 4.05. The van der Waals surface area contributed by atoms with Crippen molar-refractivity contribution in [3.8, 4) is 11.1 Å². The largest absolute Gasteiger partial charge is 0.459 e. The van der Waals surface area contributed by atoms with E-state index in [1.54, 1.807) is 38.1 Å². The van der Waals surface area contributed by atoms with Crippen LogP contribution in [0.3, 0.4) is 0 Å². The number of rotatable bonds is 12. The van der Waals surface area contributed by atoms with E-state index in [-0.39, 0.29) is 63.0 Å². The first-order chi connectivity index (χ1) is 32.5. The summed E-state index contributed by atoms with van der Waals surface area (Å²) in [7, 11) is 0. The minimum Gasteiger partial charge on any atom is -0.459 e. The van der Waals surface area contributed by atoms with E-state index in [1.165, 1.54) is 6.08 Å². The normalized spacial score (nSPS) is 22.6. The number of hydrogen-bond donors (Lipinski definition) is 4. The zero-order valence-electron chi connectivity index (χ0n) is 39.1. The van der Waals surface area contributed by atoms with Gasteiger partial charge >= 0.3 is 18.0 Å². The highest BCUT2D eigenvalue weighted by Gasteiger charge is 2.48. The highest BCUT2D eigenvalue weighted by atomic mass is 35.5. The van der Waals surface area contributed by atoms with Gasteiger partial charge in [0.15, 0.2) is 6.10 Å². The molecular formula is C53H59ClN4O10. The summed E-state index contributed by atoms with van der Waals surface area (Å²) in [6.07, 6.45) is -0.137. The molecule has 1 aliphatic carbocycles. The molecule has 6 unspecified atom stereocenters. The fraction of sp³-hybridized carbons (Fsp3) is 0.396. The lowest BCUT2D eigenvalue weighted by Gasteiger charge is -2.29. The van der Waals surface area contributed by atoms with Gasteiger partial charge in [-0.2, -0.15) is 0 Å². The summed E-state index contributed by atoms with van der Waals surface area (Å²) in [5.74, 6) is -3.44. The minimum absolute atomic E-state index is 0.0363. The van der Waals surface area contributed by atoms with Gasteiger partial charge in [-0.25, -0.2) is 9.59 Å². The van der Waals surface area contributed by atoms with Gasteiger partial charge in [-0.1, -0.05) is 111 Å². The van der Waals surface area contributed by atoms with E-state index in [0.29, 0.717) is 10.7 Å². The van der Waals surface area contributed by atoms with Gasteiger partial charge in [0.25, 0.3) is 0 Å². The Morgan fingerprint density at radius 2 is 1.57 bits per heavy atom. The van der Waals surface area contributed by atoms with Crippen molar-refractivity contribution in [2.24, 2.45) is 17.3 Å². The Bertz CT molecular complexity index is 2510. The van der Waals surface area contributed by atoms with Crippen molar-refractivity contribution in [3.63, 3.8) is 0 Å². The third kappa shape index (κ3) is 12.3. The molecule has 0 spiro atoms. The van der Waals surface area contributed by atoms with Crippen LogP contribution >= 0.6 is 11.6 Å². The number of aryl methyl sites for hydroxylation is 1. The van der Waals surface area contributed by atoms with Crippen LogP contribution in [0.2, 0.25) is 5.02 Å². The summed E-state index contributed by atoms with van der Waals surface area (Å²) in [4.78, 5) is 80.0. The molecule has 14 nitrogen and oxygen atoms in total. The number of fused-ring (bicyclic) bond motifs is 3. The van der Waals surface area contributed by atoms with Crippen LogP contribution in [-0.2, 0) is 49.3 Å². The van der Waals surface area contributed by atoms with E-state index in [1.807, 2.05) is 88.4 Å². The van der Waals surface area contributed by atoms with Crippen LogP contribution in [0.4, 0.5) is 10.5 Å². The number of ether oxygens (including phenoxy) is 4. The summed E-state index contributed by atoms with van der Waals surface area (Å²) in [5, 5.41) is 11.4. The van der Waals surface area contributed by atoms with Crippen molar-refractivity contribution in [3.05, 3.63) is 136 Å². The Balaban J connectivity index is 0.968. The number of amides is 4. The van der Waals surface area contributed by atoms with Gasteiger partial charge in [0.2, 0.25) is 17.7 Å². The van der Waals surface area contributed by atoms with Crippen molar-refractivity contribution in [1.29, 1.82) is 0 Å². The summed E-state index contributed by atoms with van der Waals surface area (Å²) >= 11 is 6.38. The van der Waals surface area contributed by atoms with Gasteiger partial charge < -0.3 is 40.2 Å². The van der Waals surface area contributed by atoms with Crippen LogP contribution in [0.1, 0.15) is 87.3 Å². The molecule has 6 atom stereocenters. The van der Waals surface area contributed by atoms with Crippen molar-refractivity contribution in [2.45, 2.75) is 97.2 Å². The Labute approximate surface area is 401 Å². The molecule has 7 rings (SSSR count). The maximum Gasteiger partial charge on any atom is 0.407 e. The predicted octanol–water partition coefficient (Wildman–Crippen LogP) is 7.90. The van der Waals surface area contributed by atoms with Gasteiger partial charge in [0.1, 0.15) is 31.4 Å². The Morgan fingerprint density at radius 3 is 2.24 bits per heavy atom. The maximum atomic E-state index is 13.9. The first-order valence-electron chi connectivity index (χ1n) is 23.0. The molecule has 358 valence electrons. The number of carbonyl (C=O) groups excluding carboxylic acids is 6. The van der Waals surface area contributed by atoms with Crippen molar-refractivity contribution >= 4 is 53.0 Å². The molecule has 3 aliphatic rings. The lowest BCUT2D eigenvalue weighted by atomic mass is 9.92. The molecule has 0 aromatic heterocycles.